The molecule has 6 heteroatoms. The number of carbonyl (C=O) groups is 3. The molecule has 464 valence electrons. The van der Waals surface area contributed by atoms with Crippen LogP contribution in [0.5, 0.6) is 0 Å². The average Bonchev–Trinajstić information content (AvgIpc) is 3.47. The van der Waals surface area contributed by atoms with Gasteiger partial charge in [-0.05, 0) is 109 Å². The topological polar surface area (TPSA) is 78.9 Å². The molecular weight excluding hydrogens is 997 g/mol. The number of hydrogen-bond acceptors (Lipinski definition) is 6. The van der Waals surface area contributed by atoms with Crippen molar-refractivity contribution in [3.8, 4) is 0 Å². The molecule has 0 rings (SSSR count). The molecule has 0 heterocycles. The van der Waals surface area contributed by atoms with E-state index in [4.69, 9.17) is 14.2 Å². The van der Waals surface area contributed by atoms with Crippen molar-refractivity contribution in [2.24, 2.45) is 0 Å². The van der Waals surface area contributed by atoms with Crippen LogP contribution in [0.3, 0.4) is 0 Å². The Hall–Kier alpha value is -3.93. The third-order valence-electron chi connectivity index (χ3n) is 14.8. The van der Waals surface area contributed by atoms with Gasteiger partial charge >= 0.3 is 17.9 Å². The SMILES string of the molecule is CC/C=C\C/C=C\C/C=C\C/C=C\C/C=C\C/C=C\C/C=C\CCCCCCCCCCCC(=O)OCC(COC(=O)CCCCCCCCCCCCC)OC(=O)CCCCCCCCCCC/C=C\C/C=C\CCCCCCC. The first kappa shape index (κ1) is 77.1. The lowest BCUT2D eigenvalue weighted by Crippen LogP contribution is -2.30. The lowest BCUT2D eigenvalue weighted by Gasteiger charge is -2.18. The highest BCUT2D eigenvalue weighted by atomic mass is 16.6. The van der Waals surface area contributed by atoms with Crippen LogP contribution in [0.4, 0.5) is 0 Å². The molecule has 0 fully saturated rings. The summed E-state index contributed by atoms with van der Waals surface area (Å²) < 4.78 is 16.9. The number of ether oxygens (including phenoxy) is 3. The predicted molar refractivity (Wildman–Crippen MR) is 353 cm³/mol. The van der Waals surface area contributed by atoms with Gasteiger partial charge in [0, 0.05) is 19.3 Å². The van der Waals surface area contributed by atoms with Gasteiger partial charge in [0.2, 0.25) is 0 Å². The smallest absolute Gasteiger partial charge is 0.306 e. The van der Waals surface area contributed by atoms with Crippen LogP contribution in [0.1, 0.15) is 329 Å². The molecule has 81 heavy (non-hydrogen) atoms. The lowest BCUT2D eigenvalue weighted by atomic mass is 10.1. The second-order valence-corrected chi connectivity index (χ2v) is 22.7. The summed E-state index contributed by atoms with van der Waals surface area (Å²) >= 11 is 0. The molecule has 0 aromatic heterocycles. The second kappa shape index (κ2) is 68.6. The summed E-state index contributed by atoms with van der Waals surface area (Å²) in [6.45, 7) is 6.53. The minimum absolute atomic E-state index is 0.0788. The van der Waals surface area contributed by atoms with Crippen LogP contribution in [0, 0.1) is 0 Å². The van der Waals surface area contributed by atoms with Crippen LogP contribution in [-0.2, 0) is 28.6 Å². The Morgan fingerprint density at radius 3 is 0.753 bits per heavy atom. The van der Waals surface area contributed by atoms with Gasteiger partial charge in [-0.15, -0.1) is 0 Å². The van der Waals surface area contributed by atoms with Crippen LogP contribution in [0.2, 0.25) is 0 Å². The number of allylic oxidation sites excluding steroid dienone is 18. The van der Waals surface area contributed by atoms with Gasteiger partial charge in [0.1, 0.15) is 13.2 Å². The molecule has 1 atom stereocenters. The number of esters is 3. The molecule has 0 aromatic carbocycles. The van der Waals surface area contributed by atoms with E-state index < -0.39 is 6.10 Å². The first-order valence-electron chi connectivity index (χ1n) is 34.4. The molecule has 0 aliphatic heterocycles. The molecule has 0 radical (unpaired) electrons. The Balaban J connectivity index is 4.26. The van der Waals surface area contributed by atoms with E-state index in [0.717, 1.165) is 116 Å². The van der Waals surface area contributed by atoms with Crippen molar-refractivity contribution in [1.82, 2.24) is 0 Å². The lowest BCUT2D eigenvalue weighted by molar-refractivity contribution is -0.167. The fourth-order valence-electron chi connectivity index (χ4n) is 9.63. The monoisotopic (exact) mass is 1120 g/mol. The summed E-state index contributed by atoms with van der Waals surface area (Å²) in [6.07, 6.45) is 93.9. The maximum Gasteiger partial charge on any atom is 0.306 e. The Labute approximate surface area is 501 Å². The summed E-state index contributed by atoms with van der Waals surface area (Å²) in [5.41, 5.74) is 0. The van der Waals surface area contributed by atoms with Gasteiger partial charge in [0.05, 0.1) is 0 Å². The molecule has 0 N–H and O–H groups in total. The van der Waals surface area contributed by atoms with Crippen LogP contribution >= 0.6 is 0 Å². The van der Waals surface area contributed by atoms with Crippen molar-refractivity contribution in [3.05, 3.63) is 109 Å². The Bertz CT molecular complexity index is 1620. The summed E-state index contributed by atoms with van der Waals surface area (Å²) in [5.74, 6) is -0.879. The van der Waals surface area contributed by atoms with Gasteiger partial charge in [-0.25, -0.2) is 0 Å². The van der Waals surface area contributed by atoms with Crippen LogP contribution in [0.25, 0.3) is 0 Å². The van der Waals surface area contributed by atoms with E-state index in [2.05, 4.69) is 130 Å². The van der Waals surface area contributed by atoms with E-state index in [9.17, 15) is 14.4 Å². The van der Waals surface area contributed by atoms with Crippen molar-refractivity contribution < 1.29 is 28.6 Å². The number of unbranched alkanes of at least 4 members (excludes halogenated alkanes) is 33. The Kier molecular flexibility index (Phi) is 65.2. The fraction of sp³-hybridized carbons (Fsp3) is 0.720. The molecule has 0 spiro atoms. The standard InChI is InChI=1S/C75H128O6/c1-4-7-10-13-16-19-22-24-26-28-30-32-33-34-35-36-37-38-39-40-41-43-44-46-48-50-53-56-59-62-65-68-74(77)80-71-72(70-79-73(76)67-64-61-58-55-52-21-18-15-12-9-6-3)81-75(78)69-66-63-60-57-54-51-49-47-45-42-31-29-27-25-23-20-17-14-11-8-5-2/h7,10,16,19,23-26,29-32,34-35,37-38,40-41,72H,4-6,8-9,11-15,17-18,20-22,27-28,33,36,39,42-71H2,1-3H3/b10-7-,19-16-,25-23-,26-24-,31-29-,32-30-,35-34-,38-37-,41-40-. The molecule has 0 saturated carbocycles. The summed E-state index contributed by atoms with van der Waals surface area (Å²) in [6, 6.07) is 0. The predicted octanol–water partition coefficient (Wildman–Crippen LogP) is 23.8. The Morgan fingerprint density at radius 1 is 0.259 bits per heavy atom. The summed E-state index contributed by atoms with van der Waals surface area (Å²) in [4.78, 5) is 38.3. The van der Waals surface area contributed by atoms with Crippen molar-refractivity contribution in [1.29, 1.82) is 0 Å². The van der Waals surface area contributed by atoms with Gasteiger partial charge < -0.3 is 14.2 Å². The molecule has 0 amide bonds. The fourth-order valence-corrected chi connectivity index (χ4v) is 9.63. The highest BCUT2D eigenvalue weighted by molar-refractivity contribution is 5.71. The van der Waals surface area contributed by atoms with Crippen LogP contribution in [0.15, 0.2) is 109 Å². The van der Waals surface area contributed by atoms with E-state index in [1.54, 1.807) is 0 Å². The maximum atomic E-state index is 12.9. The zero-order chi connectivity index (χ0) is 58.5. The maximum absolute atomic E-state index is 12.9. The number of rotatable bonds is 62. The van der Waals surface area contributed by atoms with Crippen LogP contribution < -0.4 is 0 Å². The average molecular weight is 1130 g/mol. The van der Waals surface area contributed by atoms with Gasteiger partial charge in [0.25, 0.3) is 0 Å². The van der Waals surface area contributed by atoms with E-state index in [-0.39, 0.29) is 31.1 Å². The zero-order valence-electron chi connectivity index (χ0n) is 53.3. The van der Waals surface area contributed by atoms with E-state index in [1.165, 1.54) is 173 Å². The van der Waals surface area contributed by atoms with Crippen molar-refractivity contribution >= 4 is 17.9 Å². The zero-order valence-corrected chi connectivity index (χ0v) is 53.3. The molecular formula is C75H128O6. The van der Waals surface area contributed by atoms with Crippen molar-refractivity contribution in [2.45, 2.75) is 335 Å². The molecule has 0 bridgehead atoms. The number of carbonyl (C=O) groups excluding carboxylic acids is 3. The van der Waals surface area contributed by atoms with E-state index in [1.807, 2.05) is 0 Å². The summed E-state index contributed by atoms with van der Waals surface area (Å²) in [7, 11) is 0. The van der Waals surface area contributed by atoms with Crippen molar-refractivity contribution in [3.63, 3.8) is 0 Å². The highest BCUT2D eigenvalue weighted by Gasteiger charge is 2.19. The molecule has 0 aliphatic rings. The minimum Gasteiger partial charge on any atom is -0.462 e. The normalized spacial score (nSPS) is 12.8. The molecule has 1 unspecified atom stereocenters. The Morgan fingerprint density at radius 2 is 0.481 bits per heavy atom. The molecule has 0 aromatic rings. The highest BCUT2D eigenvalue weighted by Crippen LogP contribution is 2.16. The van der Waals surface area contributed by atoms with E-state index in [0.29, 0.717) is 19.3 Å². The minimum atomic E-state index is -0.783. The van der Waals surface area contributed by atoms with Crippen LogP contribution in [-0.4, -0.2) is 37.2 Å². The third kappa shape index (κ3) is 66.8. The van der Waals surface area contributed by atoms with Gasteiger partial charge in [-0.2, -0.15) is 0 Å². The largest absolute Gasteiger partial charge is 0.462 e. The van der Waals surface area contributed by atoms with Gasteiger partial charge in [0.15, 0.2) is 6.10 Å². The third-order valence-corrected chi connectivity index (χ3v) is 14.8. The van der Waals surface area contributed by atoms with Gasteiger partial charge in [-0.3, -0.25) is 14.4 Å². The molecule has 0 saturated heterocycles. The first-order chi connectivity index (χ1) is 40.0. The summed E-state index contributed by atoms with van der Waals surface area (Å²) in [5, 5.41) is 0. The quantitative estimate of drug-likeness (QED) is 0.0261. The van der Waals surface area contributed by atoms with Gasteiger partial charge in [-0.1, -0.05) is 310 Å². The molecule has 0 aliphatic carbocycles. The second-order valence-electron chi connectivity index (χ2n) is 22.7. The number of hydrogen-bond donors (Lipinski definition) is 0. The first-order valence-corrected chi connectivity index (χ1v) is 34.4. The van der Waals surface area contributed by atoms with E-state index >= 15 is 0 Å². The van der Waals surface area contributed by atoms with Crippen molar-refractivity contribution in [2.75, 3.05) is 13.2 Å². The molecule has 6 nitrogen and oxygen atoms in total.